The Labute approximate surface area is 94.1 Å². The van der Waals surface area contributed by atoms with Crippen molar-refractivity contribution >= 4 is 11.9 Å². The van der Waals surface area contributed by atoms with E-state index < -0.39 is 5.97 Å². The second kappa shape index (κ2) is 5.99. The molecule has 0 aliphatic rings. The maximum Gasteiger partial charge on any atom is 0.303 e. The topological polar surface area (TPSA) is 88.0 Å². The number of carbonyl (C=O) groups is 1. The van der Waals surface area contributed by atoms with Crippen molar-refractivity contribution in [2.24, 2.45) is 0 Å². The quantitative estimate of drug-likeness (QED) is 0.705. The molecule has 0 saturated heterocycles. The summed E-state index contributed by atoms with van der Waals surface area (Å²) in [6.07, 6.45) is 1.64. The predicted molar refractivity (Wildman–Crippen MR) is 59.3 cm³/mol. The fourth-order valence-corrected chi connectivity index (χ4v) is 1.13. The van der Waals surface area contributed by atoms with Gasteiger partial charge in [0.2, 0.25) is 5.95 Å². The summed E-state index contributed by atoms with van der Waals surface area (Å²) in [7, 11) is 0. The second-order valence-electron chi connectivity index (χ2n) is 3.58. The molecule has 0 radical (unpaired) electrons. The van der Waals surface area contributed by atoms with Crippen molar-refractivity contribution in [3.05, 3.63) is 11.4 Å². The average molecular weight is 224 g/mol. The molecule has 6 nitrogen and oxygen atoms in total. The molecular formula is C10H16N4O2. The number of nitrogens with one attached hydrogen (secondary N) is 1. The number of anilines is 1. The first-order valence-electron chi connectivity index (χ1n) is 5.23. The molecule has 0 aliphatic carbocycles. The lowest BCUT2D eigenvalue weighted by atomic mass is 10.2. The van der Waals surface area contributed by atoms with Gasteiger partial charge >= 0.3 is 5.97 Å². The zero-order chi connectivity index (χ0) is 12.0. The van der Waals surface area contributed by atoms with Gasteiger partial charge in [-0.3, -0.25) is 4.79 Å². The number of aliphatic carboxylic acids is 1. The minimum absolute atomic E-state index is 0.202. The van der Waals surface area contributed by atoms with E-state index in [-0.39, 0.29) is 6.42 Å². The molecule has 0 atom stereocenters. The highest BCUT2D eigenvalue weighted by Gasteiger charge is 2.01. The summed E-state index contributed by atoms with van der Waals surface area (Å²) in [5.41, 5.74) is 1.67. The molecular weight excluding hydrogens is 208 g/mol. The van der Waals surface area contributed by atoms with Gasteiger partial charge in [0.15, 0.2) is 0 Å². The minimum atomic E-state index is -0.760. The van der Waals surface area contributed by atoms with Crippen LogP contribution in [-0.2, 0) is 4.79 Å². The molecule has 2 N–H and O–H groups in total. The molecule has 1 aromatic rings. The molecule has 0 saturated carbocycles. The highest BCUT2D eigenvalue weighted by atomic mass is 16.4. The van der Waals surface area contributed by atoms with Crippen molar-refractivity contribution < 1.29 is 9.90 Å². The van der Waals surface area contributed by atoms with Crippen LogP contribution in [0.1, 0.15) is 30.7 Å². The molecule has 0 aromatic carbocycles. The predicted octanol–water partition coefficient (Wildman–Crippen LogP) is 1.16. The number of hydrogen-bond acceptors (Lipinski definition) is 5. The van der Waals surface area contributed by atoms with Crippen molar-refractivity contribution in [2.45, 2.75) is 33.1 Å². The molecule has 0 amide bonds. The van der Waals surface area contributed by atoms with Crippen LogP contribution in [0.2, 0.25) is 0 Å². The maximum atomic E-state index is 10.3. The Bertz CT molecular complexity index is 368. The number of carboxylic acids is 1. The molecule has 0 unspecified atom stereocenters. The van der Waals surface area contributed by atoms with Gasteiger partial charge in [-0.05, 0) is 26.7 Å². The Morgan fingerprint density at radius 2 is 2.00 bits per heavy atom. The van der Waals surface area contributed by atoms with Gasteiger partial charge in [0, 0.05) is 13.0 Å². The van der Waals surface area contributed by atoms with Gasteiger partial charge in [-0.25, -0.2) is 4.98 Å². The third-order valence-electron chi connectivity index (χ3n) is 2.19. The number of nitrogens with zero attached hydrogens (tertiary/aromatic N) is 3. The summed E-state index contributed by atoms with van der Waals surface area (Å²) in [6, 6.07) is 0. The van der Waals surface area contributed by atoms with E-state index in [1.807, 2.05) is 13.8 Å². The first-order valence-corrected chi connectivity index (χ1v) is 5.23. The first kappa shape index (κ1) is 12.4. The van der Waals surface area contributed by atoms with E-state index in [4.69, 9.17) is 5.11 Å². The molecule has 0 fully saturated rings. The monoisotopic (exact) mass is 224 g/mol. The molecule has 0 bridgehead atoms. The normalized spacial score (nSPS) is 10.1. The van der Waals surface area contributed by atoms with Crippen molar-refractivity contribution in [1.82, 2.24) is 15.2 Å². The number of aryl methyl sites for hydroxylation is 2. The van der Waals surface area contributed by atoms with Crippen molar-refractivity contribution in [3.63, 3.8) is 0 Å². The van der Waals surface area contributed by atoms with E-state index >= 15 is 0 Å². The largest absolute Gasteiger partial charge is 0.481 e. The van der Waals surface area contributed by atoms with Crippen molar-refractivity contribution in [1.29, 1.82) is 0 Å². The standard InChI is InChI=1S/C10H16N4O2/c1-7-8(2)13-14-10(12-7)11-6-4-3-5-9(15)16/h3-6H2,1-2H3,(H,15,16)(H,11,12,14). The van der Waals surface area contributed by atoms with Crippen molar-refractivity contribution in [2.75, 3.05) is 11.9 Å². The summed E-state index contributed by atoms with van der Waals surface area (Å²) in [4.78, 5) is 14.5. The molecule has 6 heteroatoms. The van der Waals surface area contributed by atoms with Gasteiger partial charge in [0.1, 0.15) is 0 Å². The van der Waals surface area contributed by atoms with E-state index in [1.165, 1.54) is 0 Å². The van der Waals surface area contributed by atoms with Crippen LogP contribution in [0.3, 0.4) is 0 Å². The summed E-state index contributed by atoms with van der Waals surface area (Å²) in [6.45, 7) is 4.39. The summed E-state index contributed by atoms with van der Waals surface area (Å²) < 4.78 is 0. The van der Waals surface area contributed by atoms with E-state index in [1.54, 1.807) is 0 Å². The summed E-state index contributed by atoms with van der Waals surface area (Å²) in [5.74, 6) is -0.262. The Hall–Kier alpha value is -1.72. The van der Waals surface area contributed by atoms with Crippen LogP contribution < -0.4 is 5.32 Å². The van der Waals surface area contributed by atoms with Crippen LogP contribution >= 0.6 is 0 Å². The SMILES string of the molecule is Cc1nnc(NCCCCC(=O)O)nc1C. The Morgan fingerprint density at radius 1 is 1.25 bits per heavy atom. The van der Waals surface area contributed by atoms with Gasteiger partial charge in [0.05, 0.1) is 11.4 Å². The van der Waals surface area contributed by atoms with Crippen LogP contribution in [0.25, 0.3) is 0 Å². The van der Waals surface area contributed by atoms with E-state index in [0.717, 1.165) is 17.8 Å². The van der Waals surface area contributed by atoms with Crippen LogP contribution in [0.5, 0.6) is 0 Å². The average Bonchev–Trinajstić information content (AvgIpc) is 2.22. The highest BCUT2D eigenvalue weighted by molar-refractivity contribution is 5.66. The van der Waals surface area contributed by atoms with Gasteiger partial charge < -0.3 is 10.4 Å². The van der Waals surface area contributed by atoms with Gasteiger partial charge in [0.25, 0.3) is 0 Å². The Balaban J connectivity index is 2.27. The third-order valence-corrected chi connectivity index (χ3v) is 2.19. The van der Waals surface area contributed by atoms with Crippen LogP contribution in [0.15, 0.2) is 0 Å². The highest BCUT2D eigenvalue weighted by Crippen LogP contribution is 2.02. The van der Waals surface area contributed by atoms with E-state index in [2.05, 4.69) is 20.5 Å². The van der Waals surface area contributed by atoms with Crippen molar-refractivity contribution in [3.8, 4) is 0 Å². The molecule has 1 rings (SSSR count). The van der Waals surface area contributed by atoms with Crippen LogP contribution in [0, 0.1) is 13.8 Å². The molecule has 0 aliphatic heterocycles. The molecule has 1 aromatic heterocycles. The maximum absolute atomic E-state index is 10.3. The van der Waals surface area contributed by atoms with Crippen LogP contribution in [-0.4, -0.2) is 32.8 Å². The number of carboxylic acid groups (broad SMARTS) is 1. The second-order valence-corrected chi connectivity index (χ2v) is 3.58. The number of hydrogen-bond donors (Lipinski definition) is 2. The molecule has 16 heavy (non-hydrogen) atoms. The zero-order valence-corrected chi connectivity index (χ0v) is 9.53. The molecule has 88 valence electrons. The summed E-state index contributed by atoms with van der Waals surface area (Å²) >= 11 is 0. The van der Waals surface area contributed by atoms with Crippen LogP contribution in [0.4, 0.5) is 5.95 Å². The van der Waals surface area contributed by atoms with E-state index in [9.17, 15) is 4.79 Å². The van der Waals surface area contributed by atoms with Gasteiger partial charge in [-0.15, -0.1) is 5.10 Å². The first-order chi connectivity index (χ1) is 7.59. The third kappa shape index (κ3) is 4.20. The lowest BCUT2D eigenvalue weighted by Crippen LogP contribution is -2.08. The number of unbranched alkanes of at least 4 members (excludes halogenated alkanes) is 1. The number of aromatic nitrogens is 3. The summed E-state index contributed by atoms with van der Waals surface area (Å²) in [5, 5.41) is 19.3. The van der Waals surface area contributed by atoms with Gasteiger partial charge in [-0.1, -0.05) is 0 Å². The molecule has 1 heterocycles. The smallest absolute Gasteiger partial charge is 0.303 e. The Morgan fingerprint density at radius 3 is 2.62 bits per heavy atom. The fourth-order valence-electron chi connectivity index (χ4n) is 1.13. The zero-order valence-electron chi connectivity index (χ0n) is 9.53. The molecule has 0 spiro atoms. The fraction of sp³-hybridized carbons (Fsp3) is 0.600. The minimum Gasteiger partial charge on any atom is -0.481 e. The Kier molecular flexibility index (Phi) is 4.63. The lowest BCUT2D eigenvalue weighted by molar-refractivity contribution is -0.137. The number of rotatable bonds is 6. The van der Waals surface area contributed by atoms with Gasteiger partial charge in [-0.2, -0.15) is 5.10 Å². The van der Waals surface area contributed by atoms with E-state index in [0.29, 0.717) is 18.9 Å². The lowest BCUT2D eigenvalue weighted by Gasteiger charge is -2.04.